The normalized spacial score (nSPS) is 14.6. The number of nitrogens with zero attached hydrogens (tertiary/aromatic N) is 1. The van der Waals surface area contributed by atoms with Crippen LogP contribution in [0.2, 0.25) is 0 Å². The number of carbonyl (C=O) groups is 2. The van der Waals surface area contributed by atoms with E-state index in [2.05, 4.69) is 5.32 Å². The van der Waals surface area contributed by atoms with E-state index in [-0.39, 0.29) is 17.9 Å². The summed E-state index contributed by atoms with van der Waals surface area (Å²) in [6.45, 7) is 2.33. The van der Waals surface area contributed by atoms with Crippen LogP contribution in [0.4, 0.5) is 0 Å². The second-order valence-corrected chi connectivity index (χ2v) is 9.33. The van der Waals surface area contributed by atoms with Crippen molar-refractivity contribution in [1.82, 2.24) is 10.2 Å². The molecular weight excluding hydrogens is 456 g/mol. The second-order valence-electron chi connectivity index (χ2n) is 9.33. The van der Waals surface area contributed by atoms with Crippen LogP contribution in [-0.2, 0) is 22.6 Å². The van der Waals surface area contributed by atoms with Crippen LogP contribution in [0.5, 0.6) is 17.2 Å². The quantitative estimate of drug-likeness (QED) is 0.452. The van der Waals surface area contributed by atoms with Gasteiger partial charge in [-0.3, -0.25) is 9.59 Å². The van der Waals surface area contributed by atoms with Crippen molar-refractivity contribution in [3.05, 3.63) is 53.6 Å². The van der Waals surface area contributed by atoms with Crippen LogP contribution >= 0.6 is 0 Å². The van der Waals surface area contributed by atoms with E-state index in [4.69, 9.17) is 14.2 Å². The zero-order valence-electron chi connectivity index (χ0n) is 22.0. The fraction of sp³-hybridized carbons (Fsp3) is 0.517. The third kappa shape index (κ3) is 7.39. The monoisotopic (exact) mass is 496 g/mol. The van der Waals surface area contributed by atoms with E-state index in [0.717, 1.165) is 42.6 Å². The Labute approximate surface area is 215 Å². The zero-order chi connectivity index (χ0) is 25.9. The van der Waals surface area contributed by atoms with Gasteiger partial charge in [0.25, 0.3) is 0 Å². The lowest BCUT2D eigenvalue weighted by Gasteiger charge is -2.33. The molecule has 36 heavy (non-hydrogen) atoms. The van der Waals surface area contributed by atoms with Crippen LogP contribution in [0.3, 0.4) is 0 Å². The summed E-state index contributed by atoms with van der Waals surface area (Å²) in [4.78, 5) is 28.7. The summed E-state index contributed by atoms with van der Waals surface area (Å²) < 4.78 is 16.0. The number of hydrogen-bond acceptors (Lipinski definition) is 5. The SMILES string of the molecule is CC[C@H](C(=O)NC1CCCCC1)N(Cc1ccc(OC)cc1)C(=O)CCc1ccc(OC)c(OC)c1. The van der Waals surface area contributed by atoms with E-state index in [1.807, 2.05) is 49.4 Å². The molecule has 0 unspecified atom stereocenters. The average Bonchev–Trinajstić information content (AvgIpc) is 2.92. The van der Waals surface area contributed by atoms with Crippen molar-refractivity contribution in [1.29, 1.82) is 0 Å². The molecule has 7 nitrogen and oxygen atoms in total. The van der Waals surface area contributed by atoms with Crippen molar-refractivity contribution in [2.75, 3.05) is 21.3 Å². The van der Waals surface area contributed by atoms with Crippen molar-refractivity contribution in [3.63, 3.8) is 0 Å². The third-order valence-corrected chi connectivity index (χ3v) is 6.92. The molecule has 0 saturated heterocycles. The Morgan fingerprint density at radius 1 is 0.917 bits per heavy atom. The molecule has 1 aliphatic rings. The summed E-state index contributed by atoms with van der Waals surface area (Å²) in [7, 11) is 4.82. The lowest BCUT2D eigenvalue weighted by Crippen LogP contribution is -2.51. The molecule has 0 spiro atoms. The summed E-state index contributed by atoms with van der Waals surface area (Å²) in [5.41, 5.74) is 1.93. The minimum atomic E-state index is -0.521. The molecule has 0 aliphatic heterocycles. The van der Waals surface area contributed by atoms with Gasteiger partial charge in [-0.25, -0.2) is 0 Å². The predicted molar refractivity (Wildman–Crippen MR) is 141 cm³/mol. The van der Waals surface area contributed by atoms with Crippen LogP contribution in [-0.4, -0.2) is 50.1 Å². The molecule has 2 aromatic carbocycles. The lowest BCUT2D eigenvalue weighted by molar-refractivity contribution is -0.141. The van der Waals surface area contributed by atoms with Crippen molar-refractivity contribution in [2.24, 2.45) is 0 Å². The van der Waals surface area contributed by atoms with Gasteiger partial charge in [-0.1, -0.05) is 44.4 Å². The Kier molecular flexibility index (Phi) is 10.5. The summed E-state index contributed by atoms with van der Waals surface area (Å²) >= 11 is 0. The first-order valence-corrected chi connectivity index (χ1v) is 12.9. The van der Waals surface area contributed by atoms with Crippen molar-refractivity contribution in [3.8, 4) is 17.2 Å². The minimum absolute atomic E-state index is 0.0498. The Bertz CT molecular complexity index is 986. The highest BCUT2D eigenvalue weighted by Gasteiger charge is 2.30. The minimum Gasteiger partial charge on any atom is -0.497 e. The van der Waals surface area contributed by atoms with E-state index in [9.17, 15) is 9.59 Å². The number of amides is 2. The molecule has 0 radical (unpaired) electrons. The van der Waals surface area contributed by atoms with E-state index in [0.29, 0.717) is 37.3 Å². The summed E-state index contributed by atoms with van der Waals surface area (Å²) in [5, 5.41) is 3.23. The van der Waals surface area contributed by atoms with Crippen LogP contribution in [0, 0.1) is 0 Å². The van der Waals surface area contributed by atoms with Gasteiger partial charge in [0.1, 0.15) is 11.8 Å². The fourth-order valence-electron chi connectivity index (χ4n) is 4.82. The van der Waals surface area contributed by atoms with E-state index >= 15 is 0 Å². The van der Waals surface area contributed by atoms with Crippen LogP contribution in [0.15, 0.2) is 42.5 Å². The number of nitrogens with one attached hydrogen (secondary N) is 1. The predicted octanol–water partition coefficient (Wildman–Crippen LogP) is 4.90. The maximum Gasteiger partial charge on any atom is 0.243 e. The maximum atomic E-state index is 13.6. The van der Waals surface area contributed by atoms with Gasteiger partial charge < -0.3 is 24.4 Å². The highest BCUT2D eigenvalue weighted by atomic mass is 16.5. The van der Waals surface area contributed by atoms with Crippen LogP contribution in [0.25, 0.3) is 0 Å². The van der Waals surface area contributed by atoms with Crippen LogP contribution in [0.1, 0.15) is 63.0 Å². The second kappa shape index (κ2) is 13.8. The Balaban J connectivity index is 1.76. The maximum absolute atomic E-state index is 13.6. The molecular formula is C29H40N2O5. The zero-order valence-corrected chi connectivity index (χ0v) is 22.0. The largest absolute Gasteiger partial charge is 0.497 e. The van der Waals surface area contributed by atoms with E-state index in [1.54, 1.807) is 26.2 Å². The van der Waals surface area contributed by atoms with Gasteiger partial charge in [0.05, 0.1) is 21.3 Å². The third-order valence-electron chi connectivity index (χ3n) is 6.92. The number of hydrogen-bond donors (Lipinski definition) is 1. The number of aryl methyl sites for hydroxylation is 1. The van der Waals surface area contributed by atoms with Gasteiger partial charge in [-0.15, -0.1) is 0 Å². The molecule has 3 rings (SSSR count). The standard InChI is InChI=1S/C29H40N2O5/c1-5-25(29(33)30-23-9-7-6-8-10-23)31(20-22-11-15-24(34-2)16-12-22)28(32)18-14-21-13-17-26(35-3)27(19-21)36-4/h11-13,15-17,19,23,25H,5-10,14,18,20H2,1-4H3,(H,30,33)/t25-/m1/s1. The van der Waals surface area contributed by atoms with Gasteiger partial charge in [-0.2, -0.15) is 0 Å². The smallest absolute Gasteiger partial charge is 0.243 e. The molecule has 196 valence electrons. The molecule has 1 saturated carbocycles. The molecule has 1 atom stereocenters. The molecule has 1 N–H and O–H groups in total. The fourth-order valence-corrected chi connectivity index (χ4v) is 4.82. The highest BCUT2D eigenvalue weighted by molar-refractivity contribution is 5.88. The molecule has 0 heterocycles. The van der Waals surface area contributed by atoms with Crippen molar-refractivity contribution >= 4 is 11.8 Å². The molecule has 1 aliphatic carbocycles. The number of rotatable bonds is 12. The van der Waals surface area contributed by atoms with Crippen molar-refractivity contribution in [2.45, 2.75) is 76.9 Å². The molecule has 2 aromatic rings. The van der Waals surface area contributed by atoms with Gasteiger partial charge in [0.2, 0.25) is 11.8 Å². The van der Waals surface area contributed by atoms with Gasteiger partial charge in [0, 0.05) is 19.0 Å². The number of carbonyl (C=O) groups excluding carboxylic acids is 2. The average molecular weight is 497 g/mol. The Morgan fingerprint density at radius 2 is 1.58 bits per heavy atom. The number of benzene rings is 2. The first-order valence-electron chi connectivity index (χ1n) is 12.9. The van der Waals surface area contributed by atoms with Crippen LogP contribution < -0.4 is 19.5 Å². The number of ether oxygens (including phenoxy) is 3. The summed E-state index contributed by atoms with van der Waals surface area (Å²) in [5.74, 6) is 1.94. The summed E-state index contributed by atoms with van der Waals surface area (Å²) in [6, 6.07) is 13.0. The van der Waals surface area contributed by atoms with E-state index in [1.165, 1.54) is 6.42 Å². The first-order chi connectivity index (χ1) is 17.5. The van der Waals surface area contributed by atoms with E-state index < -0.39 is 6.04 Å². The van der Waals surface area contributed by atoms with Gasteiger partial charge in [-0.05, 0) is 61.1 Å². The van der Waals surface area contributed by atoms with Crippen molar-refractivity contribution < 1.29 is 23.8 Å². The van der Waals surface area contributed by atoms with Gasteiger partial charge in [0.15, 0.2) is 11.5 Å². The Morgan fingerprint density at radius 3 is 2.19 bits per heavy atom. The number of methoxy groups -OCH3 is 3. The lowest BCUT2D eigenvalue weighted by atomic mass is 9.95. The first kappa shape index (κ1) is 27.4. The molecule has 7 heteroatoms. The molecule has 0 bridgehead atoms. The summed E-state index contributed by atoms with van der Waals surface area (Å²) in [6.07, 6.45) is 6.90. The Hall–Kier alpha value is -3.22. The molecule has 0 aromatic heterocycles. The highest BCUT2D eigenvalue weighted by Crippen LogP contribution is 2.28. The molecule has 1 fully saturated rings. The molecule has 2 amide bonds. The van der Waals surface area contributed by atoms with Gasteiger partial charge >= 0.3 is 0 Å². The topological polar surface area (TPSA) is 77.1 Å².